The van der Waals surface area contributed by atoms with Crippen LogP contribution in [0.5, 0.6) is 0 Å². The first-order chi connectivity index (χ1) is 16.4. The van der Waals surface area contributed by atoms with Crippen molar-refractivity contribution in [2.45, 2.75) is 38.0 Å². The van der Waals surface area contributed by atoms with Gasteiger partial charge >= 0.3 is 6.18 Å². The summed E-state index contributed by atoms with van der Waals surface area (Å²) in [5, 5.41) is 0.0188. The third-order valence-electron chi connectivity index (χ3n) is 7.28. The van der Waals surface area contributed by atoms with E-state index in [1.807, 2.05) is 0 Å². The molecule has 4 aliphatic rings. The summed E-state index contributed by atoms with van der Waals surface area (Å²) in [6, 6.07) is 4.23. The van der Waals surface area contributed by atoms with Gasteiger partial charge in [-0.15, -0.1) is 0 Å². The van der Waals surface area contributed by atoms with E-state index in [9.17, 15) is 31.9 Å². The number of rotatable bonds is 5. The number of hydrogen-bond acceptors (Lipinski definition) is 4. The molecule has 1 saturated heterocycles. The summed E-state index contributed by atoms with van der Waals surface area (Å²) < 4.78 is 53.4. The van der Waals surface area contributed by atoms with E-state index < -0.39 is 58.7 Å². The molecule has 6 rings (SSSR count). The first-order valence-electron chi connectivity index (χ1n) is 10.7. The van der Waals surface area contributed by atoms with Crippen molar-refractivity contribution in [1.29, 1.82) is 0 Å². The summed E-state index contributed by atoms with van der Waals surface area (Å²) in [6.07, 6.45) is -2.46. The van der Waals surface area contributed by atoms with Crippen LogP contribution < -0.4 is 10.6 Å². The molecule has 2 bridgehead atoms. The second-order valence-corrected chi connectivity index (χ2v) is 9.98. The Morgan fingerprint density at radius 2 is 1.80 bits per heavy atom. The van der Waals surface area contributed by atoms with E-state index >= 15 is 0 Å². The normalized spacial score (nSPS) is 28.0. The zero-order chi connectivity index (χ0) is 25.3. The smallest absolute Gasteiger partial charge is 0.369 e. The fourth-order valence-electron chi connectivity index (χ4n) is 5.70. The summed E-state index contributed by atoms with van der Waals surface area (Å²) in [6.45, 7) is -0.623. The molecule has 3 amide bonds. The number of benzene rings is 1. The van der Waals surface area contributed by atoms with Crippen molar-refractivity contribution in [3.05, 3.63) is 58.5 Å². The van der Waals surface area contributed by atoms with Crippen molar-refractivity contribution in [3.63, 3.8) is 0 Å². The fourth-order valence-corrected chi connectivity index (χ4v) is 5.84. The molecule has 3 aliphatic carbocycles. The van der Waals surface area contributed by atoms with Crippen LogP contribution in [0.4, 0.5) is 23.4 Å². The zero-order valence-electron chi connectivity index (χ0n) is 18.1. The minimum Gasteiger partial charge on any atom is -0.369 e. The topological polar surface area (TPSA) is 96.6 Å². The molecular formula is C23H19ClF4N4O3. The van der Waals surface area contributed by atoms with E-state index in [1.54, 1.807) is 0 Å². The third kappa shape index (κ3) is 3.64. The minimum absolute atomic E-state index is 0.0188. The fraction of sp³-hybridized carbons (Fsp3) is 0.391. The van der Waals surface area contributed by atoms with Crippen molar-refractivity contribution in [2.24, 2.45) is 16.6 Å². The number of piperazine rings is 1. The van der Waals surface area contributed by atoms with Crippen molar-refractivity contribution in [1.82, 2.24) is 9.88 Å². The van der Waals surface area contributed by atoms with Crippen molar-refractivity contribution in [2.75, 3.05) is 11.4 Å². The van der Waals surface area contributed by atoms with Crippen molar-refractivity contribution < 1.29 is 31.9 Å². The average Bonchev–Trinajstić information content (AvgIpc) is 2.70. The molecule has 0 radical (unpaired) electrons. The average molecular weight is 511 g/mol. The van der Waals surface area contributed by atoms with Crippen LogP contribution in [0.1, 0.15) is 30.4 Å². The van der Waals surface area contributed by atoms with E-state index in [-0.39, 0.29) is 17.4 Å². The molecule has 184 valence electrons. The second kappa shape index (κ2) is 7.64. The van der Waals surface area contributed by atoms with Gasteiger partial charge in [-0.1, -0.05) is 23.7 Å². The number of hydrogen-bond donors (Lipinski definition) is 1. The number of primary amides is 1. The predicted octanol–water partition coefficient (Wildman–Crippen LogP) is 3.29. The molecule has 4 fully saturated rings. The zero-order valence-corrected chi connectivity index (χ0v) is 18.9. The Hall–Kier alpha value is -3.21. The number of amides is 3. The van der Waals surface area contributed by atoms with Crippen LogP contribution in [0.3, 0.4) is 0 Å². The molecule has 7 nitrogen and oxygen atoms in total. The summed E-state index contributed by atoms with van der Waals surface area (Å²) in [7, 11) is 0. The molecule has 1 atom stereocenters. The van der Waals surface area contributed by atoms with Gasteiger partial charge < -0.3 is 10.6 Å². The highest BCUT2D eigenvalue weighted by Gasteiger charge is 2.76. The number of halogens is 5. The van der Waals surface area contributed by atoms with Gasteiger partial charge in [0.05, 0.1) is 16.0 Å². The highest BCUT2D eigenvalue weighted by Crippen LogP contribution is 2.75. The van der Waals surface area contributed by atoms with E-state index in [4.69, 9.17) is 17.3 Å². The van der Waals surface area contributed by atoms with Crippen molar-refractivity contribution >= 4 is 35.1 Å². The van der Waals surface area contributed by atoms with Crippen LogP contribution in [0.15, 0.2) is 36.5 Å². The molecule has 0 unspecified atom stereocenters. The lowest BCUT2D eigenvalue weighted by Crippen LogP contribution is -2.78. The molecule has 12 heteroatoms. The van der Waals surface area contributed by atoms with Gasteiger partial charge in [0.15, 0.2) is 11.6 Å². The number of nitrogens with two attached hydrogens (primary N) is 1. The Morgan fingerprint density at radius 1 is 1.17 bits per heavy atom. The van der Waals surface area contributed by atoms with Crippen LogP contribution in [0.2, 0.25) is 5.02 Å². The van der Waals surface area contributed by atoms with E-state index in [0.29, 0.717) is 24.8 Å². The van der Waals surface area contributed by atoms with Crippen molar-refractivity contribution in [3.8, 4) is 0 Å². The van der Waals surface area contributed by atoms with Crippen LogP contribution in [0.25, 0.3) is 0 Å². The Morgan fingerprint density at radius 3 is 2.34 bits per heavy atom. The lowest BCUT2D eigenvalue weighted by atomic mass is 9.32. The molecule has 3 saturated carbocycles. The first-order valence-corrected chi connectivity index (χ1v) is 11.1. The van der Waals surface area contributed by atoms with E-state index in [1.165, 1.54) is 17.0 Å². The number of aromatic nitrogens is 1. The van der Waals surface area contributed by atoms with E-state index in [0.717, 1.165) is 29.3 Å². The molecule has 1 aromatic heterocycles. The van der Waals surface area contributed by atoms with E-state index in [2.05, 4.69) is 4.98 Å². The molecule has 2 N–H and O–H groups in total. The van der Waals surface area contributed by atoms with Gasteiger partial charge in [-0.25, -0.2) is 9.37 Å². The molecule has 1 aromatic carbocycles. The van der Waals surface area contributed by atoms with Gasteiger partial charge in [0.2, 0.25) is 11.8 Å². The summed E-state index contributed by atoms with van der Waals surface area (Å²) in [5.74, 6) is -2.81. The number of pyridine rings is 1. The maximum atomic E-state index is 14.6. The lowest BCUT2D eigenvalue weighted by molar-refractivity contribution is -0.231. The number of anilines is 1. The molecule has 35 heavy (non-hydrogen) atoms. The molecular weight excluding hydrogens is 492 g/mol. The summed E-state index contributed by atoms with van der Waals surface area (Å²) in [4.78, 5) is 44.9. The van der Waals surface area contributed by atoms with Gasteiger partial charge in [0, 0.05) is 18.2 Å². The maximum Gasteiger partial charge on any atom is 0.416 e. The summed E-state index contributed by atoms with van der Waals surface area (Å²) >= 11 is 5.76. The predicted molar refractivity (Wildman–Crippen MR) is 115 cm³/mol. The van der Waals surface area contributed by atoms with Gasteiger partial charge in [0.25, 0.3) is 5.91 Å². The Labute approximate surface area is 201 Å². The molecule has 2 aromatic rings. The Kier molecular flexibility index (Phi) is 5.14. The van der Waals surface area contributed by atoms with Gasteiger partial charge in [-0.05, 0) is 43.0 Å². The largest absolute Gasteiger partial charge is 0.416 e. The van der Waals surface area contributed by atoms with Crippen LogP contribution in [-0.2, 0) is 27.1 Å². The quantitative estimate of drug-likeness (QED) is 0.624. The lowest BCUT2D eigenvalue weighted by Gasteiger charge is -2.72. The van der Waals surface area contributed by atoms with Crippen LogP contribution in [-0.4, -0.2) is 40.2 Å². The number of alkyl halides is 3. The van der Waals surface area contributed by atoms with Crippen LogP contribution >= 0.6 is 11.6 Å². The monoisotopic (exact) mass is 510 g/mol. The summed E-state index contributed by atoms with van der Waals surface area (Å²) in [5.41, 5.74) is 3.60. The SMILES string of the molecule is NC(=O)C12CC([C@@H]3C(=O)N(c4ncc(Cl)cc4F)CC(=O)N3Cc3ccc(C(F)(F)F)cc3)(C1)C2. The molecule has 2 heterocycles. The van der Waals surface area contributed by atoms with Crippen LogP contribution in [0, 0.1) is 16.6 Å². The molecule has 0 spiro atoms. The maximum absolute atomic E-state index is 14.6. The van der Waals surface area contributed by atoms with Gasteiger partial charge in [-0.3, -0.25) is 19.3 Å². The second-order valence-electron chi connectivity index (χ2n) is 9.54. The van der Waals surface area contributed by atoms with Gasteiger partial charge in [-0.2, -0.15) is 13.2 Å². The highest BCUT2D eigenvalue weighted by atomic mass is 35.5. The number of carbonyl (C=O) groups excluding carboxylic acids is 3. The molecule has 1 aliphatic heterocycles. The number of carbonyl (C=O) groups is 3. The third-order valence-corrected chi connectivity index (χ3v) is 7.48. The standard InChI is InChI=1S/C23H19ClF4N4O3/c24-14-5-15(25)18(30-6-14)32-8-16(33)31(7-12-1-3-13(4-2-12)23(26,27)28)17(19(32)34)21-9-22(10-21,11-21)20(29)35/h1-6,17H,7-11H2,(H2,29,35)/t17-,21?,22?/m0/s1. The van der Waals surface area contributed by atoms with Gasteiger partial charge in [0.1, 0.15) is 12.6 Å². The highest BCUT2D eigenvalue weighted by molar-refractivity contribution is 6.30. The number of nitrogens with zero attached hydrogens (tertiary/aromatic N) is 3. The Bertz CT molecular complexity index is 1230. The Balaban J connectivity index is 1.47. The minimum atomic E-state index is -4.51. The first kappa shape index (κ1) is 23.5.